The highest BCUT2D eigenvalue weighted by molar-refractivity contribution is 5.96. The summed E-state index contributed by atoms with van der Waals surface area (Å²) in [4.78, 5) is 19.8. The summed E-state index contributed by atoms with van der Waals surface area (Å²) >= 11 is 0. The lowest BCUT2D eigenvalue weighted by atomic mass is 9.66. The highest BCUT2D eigenvalue weighted by Gasteiger charge is 2.46. The quantitative estimate of drug-likeness (QED) is 0.310. The van der Waals surface area contributed by atoms with E-state index in [9.17, 15) is 10.1 Å². The van der Waals surface area contributed by atoms with Crippen LogP contribution in [0.1, 0.15) is 53.4 Å². The number of hydrogen-bond donors (Lipinski definition) is 1. The van der Waals surface area contributed by atoms with E-state index in [4.69, 9.17) is 18.6 Å². The van der Waals surface area contributed by atoms with Gasteiger partial charge in [-0.2, -0.15) is 5.26 Å². The minimum absolute atomic E-state index is 0.0272. The number of furan rings is 1. The van der Waals surface area contributed by atoms with Crippen LogP contribution >= 0.6 is 0 Å². The van der Waals surface area contributed by atoms with E-state index < -0.39 is 0 Å². The van der Waals surface area contributed by atoms with Crippen molar-refractivity contribution in [3.63, 3.8) is 0 Å². The Balaban J connectivity index is 1.24. The number of fused-ring (bicyclic) bond motifs is 2. The molecule has 1 aromatic heterocycles. The molecule has 0 spiro atoms. The number of benzene rings is 2. The average Bonchev–Trinajstić information content (AvgIpc) is 3.48. The number of amides is 1. The van der Waals surface area contributed by atoms with Crippen LogP contribution in [0.25, 0.3) is 16.9 Å². The highest BCUT2D eigenvalue weighted by Crippen LogP contribution is 2.42. The third-order valence-electron chi connectivity index (χ3n) is 9.03. The first-order chi connectivity index (χ1) is 21.4. The second-order valence-electron chi connectivity index (χ2n) is 11.8. The molecule has 0 unspecified atom stereocenters. The summed E-state index contributed by atoms with van der Waals surface area (Å²) in [6.07, 6.45) is 4.72. The topological polar surface area (TPSA) is 109 Å². The van der Waals surface area contributed by atoms with Crippen LogP contribution in [-0.2, 0) is 4.74 Å². The van der Waals surface area contributed by atoms with Gasteiger partial charge >= 0.3 is 0 Å². The molecule has 1 amide bonds. The fourth-order valence-corrected chi connectivity index (χ4v) is 6.74. The molecule has 2 bridgehead atoms. The number of nitrogens with zero attached hydrogens (tertiary/aromatic N) is 3. The molecule has 3 atom stereocenters. The summed E-state index contributed by atoms with van der Waals surface area (Å²) in [6, 6.07) is 15.3. The van der Waals surface area contributed by atoms with Gasteiger partial charge in [-0.15, -0.1) is 0 Å². The van der Waals surface area contributed by atoms with Gasteiger partial charge in [0.05, 0.1) is 31.5 Å². The smallest absolute Gasteiger partial charge is 0.251 e. The predicted molar refractivity (Wildman–Crippen MR) is 169 cm³/mol. The molecule has 9 nitrogen and oxygen atoms in total. The summed E-state index contributed by atoms with van der Waals surface area (Å²) < 4.78 is 23.7. The van der Waals surface area contributed by atoms with Gasteiger partial charge in [0, 0.05) is 49.2 Å². The Hall–Kier alpha value is -4.39. The zero-order chi connectivity index (χ0) is 30.8. The number of aliphatic imine (C=N–C) groups is 1. The molecule has 3 aromatic rings. The maximum atomic E-state index is 13.2. The zero-order valence-corrected chi connectivity index (χ0v) is 25.5. The number of nitriles is 1. The lowest BCUT2D eigenvalue weighted by Gasteiger charge is -2.52. The van der Waals surface area contributed by atoms with E-state index in [-0.39, 0.29) is 18.1 Å². The Morgan fingerprint density at radius 3 is 2.55 bits per heavy atom. The molecule has 1 saturated carbocycles. The third-order valence-corrected chi connectivity index (χ3v) is 9.03. The van der Waals surface area contributed by atoms with Gasteiger partial charge in [0.15, 0.2) is 5.76 Å². The van der Waals surface area contributed by atoms with E-state index in [0.29, 0.717) is 70.4 Å². The van der Waals surface area contributed by atoms with Crippen LogP contribution in [0.4, 0.5) is 5.69 Å². The number of rotatable bonds is 9. The number of piperidine rings is 2. The molecule has 0 radical (unpaired) electrons. The van der Waals surface area contributed by atoms with E-state index in [1.165, 1.54) is 6.42 Å². The van der Waals surface area contributed by atoms with Crippen LogP contribution in [0, 0.1) is 23.2 Å². The molecule has 44 heavy (non-hydrogen) atoms. The Morgan fingerprint density at radius 1 is 1.11 bits per heavy atom. The van der Waals surface area contributed by atoms with Crippen LogP contribution in [0.2, 0.25) is 0 Å². The van der Waals surface area contributed by atoms with Gasteiger partial charge in [-0.25, -0.2) is 0 Å². The molecule has 3 fully saturated rings. The van der Waals surface area contributed by atoms with Crippen LogP contribution in [0.15, 0.2) is 58.0 Å². The van der Waals surface area contributed by atoms with Gasteiger partial charge < -0.3 is 28.8 Å². The average molecular weight is 595 g/mol. The van der Waals surface area contributed by atoms with E-state index in [1.54, 1.807) is 25.3 Å². The Bertz CT molecular complexity index is 1620. The van der Waals surface area contributed by atoms with Crippen molar-refractivity contribution < 1.29 is 23.4 Å². The molecule has 228 valence electrons. The standard InChI is InChI=1S/C35H38N4O5/c1-5-27(21-7-9-30(23(14-21)18-36)43-26-10-12-42-13-11-26)34-29(37-2)17-32(44-34)28-8-6-22(16-31(28)41-4)35(40)38-33-24-15-25(33)20-39(3)19-24/h5-9,14,16-17,24-26,33H,2,10-13,15,19-20H2,1,3-4H3,(H,38,40)/b27-5-/t24-,25+,33+. The molecule has 1 N–H and O–H groups in total. The van der Waals surface area contributed by atoms with Gasteiger partial charge in [-0.3, -0.25) is 9.79 Å². The molecular formula is C35H38N4O5. The molecule has 3 aliphatic rings. The molecule has 9 heteroatoms. The molecule has 2 saturated heterocycles. The van der Waals surface area contributed by atoms with Crippen molar-refractivity contribution in [3.8, 4) is 28.9 Å². The normalized spacial score (nSPS) is 22.0. The second kappa shape index (κ2) is 12.7. The lowest BCUT2D eigenvalue weighted by molar-refractivity contribution is -0.000568. The van der Waals surface area contributed by atoms with Crippen molar-refractivity contribution in [2.45, 2.75) is 38.3 Å². The number of carbonyl (C=O) groups is 1. The van der Waals surface area contributed by atoms with E-state index in [1.807, 2.05) is 37.3 Å². The van der Waals surface area contributed by atoms with Crippen LogP contribution in [0.3, 0.4) is 0 Å². The molecule has 3 heterocycles. The third kappa shape index (κ3) is 5.75. The number of nitrogens with one attached hydrogen (secondary N) is 1. The summed E-state index contributed by atoms with van der Waals surface area (Å²) in [5.41, 5.74) is 3.79. The van der Waals surface area contributed by atoms with Crippen LogP contribution < -0.4 is 14.8 Å². The first-order valence-corrected chi connectivity index (χ1v) is 15.2. The number of allylic oxidation sites excluding steroid dienone is 1. The monoisotopic (exact) mass is 594 g/mol. The summed E-state index contributed by atoms with van der Waals surface area (Å²) in [5.74, 6) is 3.05. The first-order valence-electron chi connectivity index (χ1n) is 15.2. The van der Waals surface area contributed by atoms with Crippen molar-refractivity contribution in [3.05, 3.63) is 71.0 Å². The minimum Gasteiger partial charge on any atom is -0.496 e. The van der Waals surface area contributed by atoms with Gasteiger partial charge in [-0.1, -0.05) is 12.1 Å². The van der Waals surface area contributed by atoms with Crippen LogP contribution in [0.5, 0.6) is 11.5 Å². The van der Waals surface area contributed by atoms with E-state index in [0.717, 1.165) is 37.1 Å². The largest absolute Gasteiger partial charge is 0.496 e. The predicted octanol–water partition coefficient (Wildman–Crippen LogP) is 5.85. The summed E-state index contributed by atoms with van der Waals surface area (Å²) in [6.45, 7) is 9.03. The van der Waals surface area contributed by atoms with Crippen LogP contribution in [-0.4, -0.2) is 70.1 Å². The SMILES string of the molecule is C=Nc1cc(-c2ccc(C(=O)N[C@H]3[C@@H]4C[C@H]3CN(C)C4)cc2OC)oc1/C(=C\C)c1ccc(OC2CCOCC2)c(C#N)c1. The highest BCUT2D eigenvalue weighted by atomic mass is 16.5. The molecule has 6 rings (SSSR count). The number of ether oxygens (including phenoxy) is 3. The van der Waals surface area contributed by atoms with Crippen molar-refractivity contribution in [1.29, 1.82) is 5.26 Å². The second-order valence-corrected chi connectivity index (χ2v) is 11.8. The number of hydrogen-bond acceptors (Lipinski definition) is 8. The van der Waals surface area contributed by atoms with Gasteiger partial charge in [0.1, 0.15) is 35.1 Å². The summed E-state index contributed by atoms with van der Waals surface area (Å²) in [7, 11) is 3.71. The molecular weight excluding hydrogens is 556 g/mol. The first kappa shape index (κ1) is 29.7. The van der Waals surface area contributed by atoms with Crippen molar-refractivity contribution in [1.82, 2.24) is 10.2 Å². The summed E-state index contributed by atoms with van der Waals surface area (Å²) in [5, 5.41) is 13.2. The zero-order valence-electron chi connectivity index (χ0n) is 25.5. The number of likely N-dealkylation sites (tertiary alicyclic amines) is 1. The van der Waals surface area contributed by atoms with Crippen molar-refractivity contribution in [2.24, 2.45) is 16.8 Å². The maximum Gasteiger partial charge on any atom is 0.251 e. The molecule has 2 aromatic carbocycles. The number of methoxy groups -OCH3 is 1. The minimum atomic E-state index is -0.0959. The Labute approximate surface area is 258 Å². The van der Waals surface area contributed by atoms with Crippen molar-refractivity contribution in [2.75, 3.05) is 40.5 Å². The van der Waals surface area contributed by atoms with Gasteiger partial charge in [0.25, 0.3) is 5.91 Å². The number of carbonyl (C=O) groups excluding carboxylic acids is 1. The maximum absolute atomic E-state index is 13.2. The van der Waals surface area contributed by atoms with Gasteiger partial charge in [0.2, 0.25) is 0 Å². The fourth-order valence-electron chi connectivity index (χ4n) is 6.74. The molecule has 2 aliphatic heterocycles. The van der Waals surface area contributed by atoms with Gasteiger partial charge in [-0.05, 0) is 74.8 Å². The Morgan fingerprint density at radius 2 is 1.86 bits per heavy atom. The van der Waals surface area contributed by atoms with Crippen molar-refractivity contribution >= 4 is 23.9 Å². The fraction of sp³-hybridized carbons (Fsp3) is 0.400. The Kier molecular flexibility index (Phi) is 8.56. The lowest BCUT2D eigenvalue weighted by Crippen LogP contribution is -2.63. The van der Waals surface area contributed by atoms with E-state index in [2.05, 4.69) is 35.0 Å². The van der Waals surface area contributed by atoms with E-state index >= 15 is 0 Å². The molecule has 1 aliphatic carbocycles.